The second kappa shape index (κ2) is 5.11. The minimum atomic E-state index is 0.602. The summed E-state index contributed by atoms with van der Waals surface area (Å²) < 4.78 is 5.03. The number of hydrogen-bond donors (Lipinski definition) is 2. The molecule has 0 aromatic carbocycles. The van der Waals surface area contributed by atoms with E-state index in [0.717, 1.165) is 24.5 Å². The molecule has 0 unspecified atom stereocenters. The first-order chi connectivity index (χ1) is 7.88. The fourth-order valence-electron chi connectivity index (χ4n) is 1.31. The Balaban J connectivity index is 1.85. The Morgan fingerprint density at radius 2 is 2.38 bits per heavy atom. The van der Waals surface area contributed by atoms with Crippen LogP contribution in [0.4, 0.5) is 5.69 Å². The lowest BCUT2D eigenvalue weighted by Gasteiger charge is -2.05. The molecule has 0 radical (unpaired) electrons. The van der Waals surface area contributed by atoms with E-state index in [4.69, 9.17) is 4.74 Å². The molecule has 2 aromatic heterocycles. The number of nitrogens with one attached hydrogen (secondary N) is 2. The van der Waals surface area contributed by atoms with E-state index in [1.807, 2.05) is 12.1 Å². The second-order valence-corrected chi connectivity index (χ2v) is 3.20. The van der Waals surface area contributed by atoms with E-state index in [1.165, 1.54) is 6.33 Å². The molecule has 0 bridgehead atoms. The van der Waals surface area contributed by atoms with E-state index in [-0.39, 0.29) is 0 Å². The molecule has 2 aromatic rings. The van der Waals surface area contributed by atoms with Gasteiger partial charge in [0.15, 0.2) is 0 Å². The van der Waals surface area contributed by atoms with E-state index in [9.17, 15) is 0 Å². The van der Waals surface area contributed by atoms with Crippen LogP contribution in [0.5, 0.6) is 5.88 Å². The van der Waals surface area contributed by atoms with Gasteiger partial charge in [-0.3, -0.25) is 5.10 Å². The summed E-state index contributed by atoms with van der Waals surface area (Å²) in [4.78, 5) is 8.06. The van der Waals surface area contributed by atoms with Crippen LogP contribution >= 0.6 is 0 Å². The minimum Gasteiger partial charge on any atom is -0.481 e. The maximum absolute atomic E-state index is 5.03. The van der Waals surface area contributed by atoms with Crippen molar-refractivity contribution in [2.24, 2.45) is 0 Å². The predicted molar refractivity (Wildman–Crippen MR) is 59.4 cm³/mol. The molecule has 16 heavy (non-hydrogen) atoms. The smallest absolute Gasteiger partial charge is 0.214 e. The average Bonchev–Trinajstić information content (AvgIpc) is 2.82. The molecule has 0 saturated heterocycles. The molecule has 2 N–H and O–H groups in total. The molecule has 6 heteroatoms. The second-order valence-electron chi connectivity index (χ2n) is 3.20. The minimum absolute atomic E-state index is 0.602. The SMILES string of the molecule is COc1cc(NCCc2ncn[nH]2)ccn1. The van der Waals surface area contributed by atoms with Gasteiger partial charge in [-0.25, -0.2) is 9.97 Å². The summed E-state index contributed by atoms with van der Waals surface area (Å²) in [6, 6.07) is 3.74. The van der Waals surface area contributed by atoms with Gasteiger partial charge in [0.1, 0.15) is 12.2 Å². The molecule has 0 fully saturated rings. The first-order valence-electron chi connectivity index (χ1n) is 4.96. The Kier molecular flexibility index (Phi) is 3.32. The third kappa shape index (κ3) is 2.69. The summed E-state index contributed by atoms with van der Waals surface area (Å²) in [5.74, 6) is 1.47. The summed E-state index contributed by atoms with van der Waals surface area (Å²) in [6.45, 7) is 0.780. The van der Waals surface area contributed by atoms with Gasteiger partial charge in [0, 0.05) is 30.9 Å². The van der Waals surface area contributed by atoms with Gasteiger partial charge in [-0.05, 0) is 6.07 Å². The van der Waals surface area contributed by atoms with Crippen LogP contribution in [-0.4, -0.2) is 33.8 Å². The van der Waals surface area contributed by atoms with Gasteiger partial charge in [-0.2, -0.15) is 5.10 Å². The fourth-order valence-corrected chi connectivity index (χ4v) is 1.31. The van der Waals surface area contributed by atoms with Crippen molar-refractivity contribution in [2.75, 3.05) is 19.0 Å². The number of nitrogens with zero attached hydrogens (tertiary/aromatic N) is 3. The Bertz CT molecular complexity index is 429. The number of rotatable bonds is 5. The molecular formula is C10H13N5O. The molecule has 84 valence electrons. The molecule has 0 atom stereocenters. The lowest BCUT2D eigenvalue weighted by Crippen LogP contribution is -2.06. The van der Waals surface area contributed by atoms with Crippen LogP contribution in [0.3, 0.4) is 0 Å². The van der Waals surface area contributed by atoms with Gasteiger partial charge in [-0.15, -0.1) is 0 Å². The maximum atomic E-state index is 5.03. The molecule has 2 heterocycles. The topological polar surface area (TPSA) is 75.7 Å². The molecule has 0 aliphatic carbocycles. The number of H-pyrrole nitrogens is 1. The molecular weight excluding hydrogens is 206 g/mol. The van der Waals surface area contributed by atoms with Gasteiger partial charge < -0.3 is 10.1 Å². The number of hydrogen-bond acceptors (Lipinski definition) is 5. The van der Waals surface area contributed by atoms with E-state index in [1.54, 1.807) is 13.3 Å². The highest BCUT2D eigenvalue weighted by Crippen LogP contribution is 2.12. The van der Waals surface area contributed by atoms with Crippen LogP contribution in [0, 0.1) is 0 Å². The van der Waals surface area contributed by atoms with Crippen molar-refractivity contribution < 1.29 is 4.74 Å². The maximum Gasteiger partial charge on any atom is 0.214 e. The molecule has 2 rings (SSSR count). The van der Waals surface area contributed by atoms with Crippen molar-refractivity contribution in [1.29, 1.82) is 0 Å². The van der Waals surface area contributed by atoms with Crippen LogP contribution in [-0.2, 0) is 6.42 Å². The monoisotopic (exact) mass is 219 g/mol. The quantitative estimate of drug-likeness (QED) is 0.780. The first kappa shape index (κ1) is 10.4. The van der Waals surface area contributed by atoms with Crippen LogP contribution in [0.25, 0.3) is 0 Å². The van der Waals surface area contributed by atoms with Crippen molar-refractivity contribution >= 4 is 5.69 Å². The highest BCUT2D eigenvalue weighted by Gasteiger charge is 1.98. The number of ether oxygens (including phenoxy) is 1. The fraction of sp³-hybridized carbons (Fsp3) is 0.300. The van der Waals surface area contributed by atoms with Crippen LogP contribution < -0.4 is 10.1 Å². The van der Waals surface area contributed by atoms with Gasteiger partial charge in [0.2, 0.25) is 5.88 Å². The van der Waals surface area contributed by atoms with Gasteiger partial charge in [0.05, 0.1) is 7.11 Å². The Labute approximate surface area is 93.1 Å². The van der Waals surface area contributed by atoms with Crippen molar-refractivity contribution in [1.82, 2.24) is 20.2 Å². The van der Waals surface area contributed by atoms with E-state index < -0.39 is 0 Å². The molecule has 0 amide bonds. The third-order valence-electron chi connectivity index (χ3n) is 2.10. The Hall–Kier alpha value is -2.11. The van der Waals surface area contributed by atoms with Gasteiger partial charge >= 0.3 is 0 Å². The zero-order chi connectivity index (χ0) is 11.2. The molecule has 0 aliphatic heterocycles. The Morgan fingerprint density at radius 3 is 3.12 bits per heavy atom. The number of aromatic nitrogens is 4. The molecule has 0 spiro atoms. The van der Waals surface area contributed by atoms with E-state index >= 15 is 0 Å². The normalized spacial score (nSPS) is 10.1. The lowest BCUT2D eigenvalue weighted by molar-refractivity contribution is 0.398. The predicted octanol–water partition coefficient (Wildman–Crippen LogP) is 0.863. The summed E-state index contributed by atoms with van der Waals surface area (Å²) in [7, 11) is 1.60. The standard InChI is InChI=1S/C10H13N5O/c1-16-10-6-8(2-4-12-10)11-5-3-9-13-7-14-15-9/h2,4,6-7H,3,5H2,1H3,(H,11,12)(H,13,14,15). The molecule has 6 nitrogen and oxygen atoms in total. The van der Waals surface area contributed by atoms with Crippen molar-refractivity contribution in [2.45, 2.75) is 6.42 Å². The summed E-state index contributed by atoms with van der Waals surface area (Å²) >= 11 is 0. The number of pyridine rings is 1. The zero-order valence-corrected chi connectivity index (χ0v) is 8.97. The Morgan fingerprint density at radius 1 is 1.44 bits per heavy atom. The summed E-state index contributed by atoms with van der Waals surface area (Å²) in [5.41, 5.74) is 0.978. The first-order valence-corrected chi connectivity index (χ1v) is 4.96. The number of anilines is 1. The largest absolute Gasteiger partial charge is 0.481 e. The molecule has 0 saturated carbocycles. The van der Waals surface area contributed by atoms with Crippen molar-refractivity contribution in [3.05, 3.63) is 30.5 Å². The number of aromatic amines is 1. The van der Waals surface area contributed by atoms with E-state index in [2.05, 4.69) is 25.5 Å². The van der Waals surface area contributed by atoms with E-state index in [0.29, 0.717) is 5.88 Å². The van der Waals surface area contributed by atoms with Gasteiger partial charge in [-0.1, -0.05) is 0 Å². The highest BCUT2D eigenvalue weighted by atomic mass is 16.5. The van der Waals surface area contributed by atoms with Crippen molar-refractivity contribution in [3.8, 4) is 5.88 Å². The third-order valence-corrected chi connectivity index (χ3v) is 2.10. The summed E-state index contributed by atoms with van der Waals surface area (Å²) in [6.07, 6.45) is 4.01. The summed E-state index contributed by atoms with van der Waals surface area (Å²) in [5, 5.41) is 9.84. The van der Waals surface area contributed by atoms with Gasteiger partial charge in [0.25, 0.3) is 0 Å². The molecule has 0 aliphatic rings. The van der Waals surface area contributed by atoms with Crippen LogP contribution in [0.2, 0.25) is 0 Å². The number of methoxy groups -OCH3 is 1. The van der Waals surface area contributed by atoms with Crippen LogP contribution in [0.15, 0.2) is 24.7 Å². The zero-order valence-electron chi connectivity index (χ0n) is 8.97. The highest BCUT2D eigenvalue weighted by molar-refractivity contribution is 5.44. The lowest BCUT2D eigenvalue weighted by atomic mass is 10.3. The average molecular weight is 219 g/mol. The van der Waals surface area contributed by atoms with Crippen LogP contribution in [0.1, 0.15) is 5.82 Å². The van der Waals surface area contributed by atoms with Crippen molar-refractivity contribution in [3.63, 3.8) is 0 Å².